The quantitative estimate of drug-likeness (QED) is 0.665. The van der Waals surface area contributed by atoms with Crippen LogP contribution in [0.3, 0.4) is 0 Å². The first kappa shape index (κ1) is 13.1. The lowest BCUT2D eigenvalue weighted by molar-refractivity contribution is 0.390. The maximum atomic E-state index is 5.94. The van der Waals surface area contributed by atoms with E-state index in [1.165, 1.54) is 36.0 Å². The Morgan fingerprint density at radius 2 is 1.76 bits per heavy atom. The maximum absolute atomic E-state index is 5.94. The summed E-state index contributed by atoms with van der Waals surface area (Å²) >= 11 is 0. The van der Waals surface area contributed by atoms with Crippen LogP contribution in [0.25, 0.3) is 0 Å². The molecule has 0 bridgehead atoms. The zero-order valence-electron chi connectivity index (χ0n) is 12.2. The topological polar surface area (TPSA) is 38.0 Å². The Hall–Kier alpha value is -1.64. The summed E-state index contributed by atoms with van der Waals surface area (Å²) in [5.74, 6) is 7.87. The van der Waals surface area contributed by atoms with Gasteiger partial charge in [-0.15, -0.1) is 0 Å². The van der Waals surface area contributed by atoms with Crippen LogP contribution in [-0.4, -0.2) is 6.04 Å². The molecule has 1 fully saturated rings. The number of rotatable bonds is 4. The van der Waals surface area contributed by atoms with Crippen LogP contribution in [0.1, 0.15) is 41.4 Å². The standard InChI is InChI=1S/C19H22N2/c20-21-19(16-11-10-14-8-4-5-9-15(14)16)18-12-17(18)13-6-2-1-3-7-13/h1-9,16-19,21H,10-12,20H2. The van der Waals surface area contributed by atoms with E-state index in [2.05, 4.69) is 60.0 Å². The molecular weight excluding hydrogens is 256 g/mol. The van der Waals surface area contributed by atoms with E-state index in [4.69, 9.17) is 5.84 Å². The number of benzene rings is 2. The van der Waals surface area contributed by atoms with Crippen molar-refractivity contribution in [2.45, 2.75) is 37.1 Å². The van der Waals surface area contributed by atoms with E-state index in [1.807, 2.05) is 0 Å². The lowest BCUT2D eigenvalue weighted by Gasteiger charge is -2.24. The predicted octanol–water partition coefficient (Wildman–Crippen LogP) is 3.35. The summed E-state index contributed by atoms with van der Waals surface area (Å²) in [5, 5.41) is 0. The van der Waals surface area contributed by atoms with Gasteiger partial charge >= 0.3 is 0 Å². The molecule has 0 aliphatic heterocycles. The van der Waals surface area contributed by atoms with Gasteiger partial charge in [-0.25, -0.2) is 0 Å². The molecule has 4 atom stereocenters. The molecule has 0 spiro atoms. The SMILES string of the molecule is NNC(C1CCc2ccccc21)C1CC1c1ccccc1. The lowest BCUT2D eigenvalue weighted by Crippen LogP contribution is -2.41. The third kappa shape index (κ3) is 2.29. The molecule has 2 nitrogen and oxygen atoms in total. The Morgan fingerprint density at radius 1 is 1.00 bits per heavy atom. The molecule has 0 amide bonds. The van der Waals surface area contributed by atoms with Crippen LogP contribution in [0.5, 0.6) is 0 Å². The van der Waals surface area contributed by atoms with Gasteiger partial charge in [-0.3, -0.25) is 11.3 Å². The van der Waals surface area contributed by atoms with Crippen molar-refractivity contribution in [2.75, 3.05) is 0 Å². The fraction of sp³-hybridized carbons (Fsp3) is 0.368. The molecular formula is C19H22N2. The molecule has 1 saturated carbocycles. The lowest BCUT2D eigenvalue weighted by atomic mass is 9.89. The van der Waals surface area contributed by atoms with Crippen LogP contribution in [0.4, 0.5) is 0 Å². The zero-order valence-corrected chi connectivity index (χ0v) is 12.2. The van der Waals surface area contributed by atoms with Gasteiger partial charge < -0.3 is 0 Å². The minimum Gasteiger partial charge on any atom is -0.271 e. The highest BCUT2D eigenvalue weighted by atomic mass is 15.2. The highest BCUT2D eigenvalue weighted by Crippen LogP contribution is 2.53. The predicted molar refractivity (Wildman–Crippen MR) is 85.9 cm³/mol. The maximum Gasteiger partial charge on any atom is 0.0313 e. The number of hydrogen-bond donors (Lipinski definition) is 2. The summed E-state index contributed by atoms with van der Waals surface area (Å²) in [7, 11) is 0. The molecule has 2 aromatic carbocycles. The van der Waals surface area contributed by atoms with E-state index in [9.17, 15) is 0 Å². The number of nitrogens with one attached hydrogen (secondary N) is 1. The number of fused-ring (bicyclic) bond motifs is 1. The second-order valence-electron chi connectivity index (χ2n) is 6.45. The number of hydrogen-bond acceptors (Lipinski definition) is 2. The summed E-state index contributed by atoms with van der Waals surface area (Å²) in [6.07, 6.45) is 3.69. The van der Waals surface area contributed by atoms with Gasteiger partial charge in [-0.1, -0.05) is 54.6 Å². The molecule has 4 rings (SSSR count). The third-order valence-electron chi connectivity index (χ3n) is 5.33. The van der Waals surface area contributed by atoms with Gasteiger partial charge in [-0.05, 0) is 47.8 Å². The van der Waals surface area contributed by atoms with E-state index in [0.717, 1.165) is 0 Å². The van der Waals surface area contributed by atoms with Gasteiger partial charge in [-0.2, -0.15) is 0 Å². The number of aryl methyl sites for hydroxylation is 1. The zero-order chi connectivity index (χ0) is 14.2. The van der Waals surface area contributed by atoms with Crippen molar-refractivity contribution in [2.24, 2.45) is 11.8 Å². The summed E-state index contributed by atoms with van der Waals surface area (Å²) in [6, 6.07) is 20.1. The molecule has 2 aliphatic carbocycles. The highest BCUT2D eigenvalue weighted by Gasteiger charge is 2.47. The minimum atomic E-state index is 0.402. The van der Waals surface area contributed by atoms with E-state index in [1.54, 1.807) is 0 Å². The third-order valence-corrected chi connectivity index (χ3v) is 5.33. The Bertz CT molecular complexity index is 622. The van der Waals surface area contributed by atoms with Crippen molar-refractivity contribution in [3.63, 3.8) is 0 Å². The first-order valence-corrected chi connectivity index (χ1v) is 7.97. The average Bonchev–Trinajstić information content (AvgIpc) is 3.22. The van der Waals surface area contributed by atoms with E-state index >= 15 is 0 Å². The van der Waals surface area contributed by atoms with E-state index in [-0.39, 0.29) is 0 Å². The van der Waals surface area contributed by atoms with Crippen molar-refractivity contribution in [3.05, 3.63) is 71.3 Å². The molecule has 3 N–H and O–H groups in total. The van der Waals surface area contributed by atoms with Crippen molar-refractivity contribution in [1.82, 2.24) is 5.43 Å². The first-order valence-electron chi connectivity index (χ1n) is 7.97. The summed E-state index contributed by atoms with van der Waals surface area (Å²) in [6.45, 7) is 0. The van der Waals surface area contributed by atoms with Crippen molar-refractivity contribution < 1.29 is 0 Å². The Labute approximate surface area is 126 Å². The second-order valence-corrected chi connectivity index (χ2v) is 6.45. The van der Waals surface area contributed by atoms with Crippen LogP contribution >= 0.6 is 0 Å². The van der Waals surface area contributed by atoms with E-state index in [0.29, 0.717) is 23.8 Å². The van der Waals surface area contributed by atoms with Crippen LogP contribution < -0.4 is 11.3 Å². The van der Waals surface area contributed by atoms with Gasteiger partial charge in [0, 0.05) is 12.0 Å². The Kier molecular flexibility index (Phi) is 3.28. The van der Waals surface area contributed by atoms with E-state index < -0.39 is 0 Å². The molecule has 108 valence electrons. The number of nitrogens with two attached hydrogens (primary N) is 1. The summed E-state index contributed by atoms with van der Waals surface area (Å²) in [5.41, 5.74) is 7.64. The molecule has 2 heteroatoms. The van der Waals surface area contributed by atoms with Gasteiger partial charge in [0.2, 0.25) is 0 Å². The van der Waals surface area contributed by atoms with Gasteiger partial charge in [0.1, 0.15) is 0 Å². The van der Waals surface area contributed by atoms with Gasteiger partial charge in [0.25, 0.3) is 0 Å². The smallest absolute Gasteiger partial charge is 0.0313 e. The molecule has 0 heterocycles. The summed E-state index contributed by atoms with van der Waals surface area (Å²) in [4.78, 5) is 0. The molecule has 0 saturated heterocycles. The molecule has 0 radical (unpaired) electrons. The van der Waals surface area contributed by atoms with Crippen LogP contribution in [-0.2, 0) is 6.42 Å². The highest BCUT2D eigenvalue weighted by molar-refractivity contribution is 5.37. The molecule has 2 aliphatic rings. The monoisotopic (exact) mass is 278 g/mol. The Morgan fingerprint density at radius 3 is 2.57 bits per heavy atom. The first-order chi connectivity index (χ1) is 10.4. The molecule has 4 unspecified atom stereocenters. The summed E-state index contributed by atoms with van der Waals surface area (Å²) < 4.78 is 0. The fourth-order valence-corrected chi connectivity index (χ4v) is 4.20. The van der Waals surface area contributed by atoms with Crippen LogP contribution in [0, 0.1) is 5.92 Å². The average molecular weight is 278 g/mol. The fourth-order valence-electron chi connectivity index (χ4n) is 4.20. The second kappa shape index (κ2) is 5.28. The minimum absolute atomic E-state index is 0.402. The molecule has 0 aromatic heterocycles. The normalized spacial score (nSPS) is 28.1. The van der Waals surface area contributed by atoms with Crippen molar-refractivity contribution in [1.29, 1.82) is 0 Å². The van der Waals surface area contributed by atoms with Crippen LogP contribution in [0.15, 0.2) is 54.6 Å². The van der Waals surface area contributed by atoms with Crippen LogP contribution in [0.2, 0.25) is 0 Å². The van der Waals surface area contributed by atoms with Gasteiger partial charge in [0.05, 0.1) is 0 Å². The Balaban J connectivity index is 1.55. The largest absolute Gasteiger partial charge is 0.271 e. The number of hydrazine groups is 1. The van der Waals surface area contributed by atoms with Crippen molar-refractivity contribution >= 4 is 0 Å². The molecule has 21 heavy (non-hydrogen) atoms. The van der Waals surface area contributed by atoms with Gasteiger partial charge in [0.15, 0.2) is 0 Å². The molecule has 2 aromatic rings. The van der Waals surface area contributed by atoms with Crippen molar-refractivity contribution in [3.8, 4) is 0 Å².